The maximum Gasteiger partial charge on any atom is 0.416 e. The van der Waals surface area contributed by atoms with E-state index in [-0.39, 0.29) is 40.0 Å². The molecule has 0 saturated heterocycles. The number of hydrogen-bond donors (Lipinski definition) is 7. The predicted molar refractivity (Wildman–Crippen MR) is 206 cm³/mol. The van der Waals surface area contributed by atoms with Crippen molar-refractivity contribution in [2.24, 2.45) is 0 Å². The minimum Gasteiger partial charge on any atom is -0.481 e. The summed E-state index contributed by atoms with van der Waals surface area (Å²) in [5, 5.41) is 30.7. The van der Waals surface area contributed by atoms with Crippen LogP contribution in [0.25, 0.3) is 0 Å². The average Bonchev–Trinajstić information content (AvgIpc) is 3.17. The molecule has 0 aliphatic carbocycles. The monoisotopic (exact) mass is 961 g/mol. The number of aliphatic carboxylic acids is 1. The predicted octanol–water partition coefficient (Wildman–Crippen LogP) is 3.75. The summed E-state index contributed by atoms with van der Waals surface area (Å²) in [6.07, 6.45) is -4.08. The van der Waals surface area contributed by atoms with E-state index in [9.17, 15) is 59.1 Å². The van der Waals surface area contributed by atoms with Gasteiger partial charge in [0.05, 0.1) is 54.4 Å². The zero-order valence-corrected chi connectivity index (χ0v) is 34.8. The first kappa shape index (κ1) is 51.9. The number of halogens is 4. The number of alkyl halides is 3. The van der Waals surface area contributed by atoms with Crippen LogP contribution in [0.2, 0.25) is 5.02 Å². The number of pyridine rings is 1. The minimum atomic E-state index is -4.61. The Morgan fingerprint density at radius 2 is 1.58 bits per heavy atom. The van der Waals surface area contributed by atoms with Crippen LogP contribution in [0.3, 0.4) is 0 Å². The maximum absolute atomic E-state index is 12.6. The van der Waals surface area contributed by atoms with E-state index in [4.69, 9.17) is 45.8 Å². The fraction of sp³-hybridized carbons (Fsp3) is 0.226. The molecule has 0 aliphatic rings. The number of urea groups is 1. The molecule has 0 bridgehead atoms. The Kier molecular flexibility index (Phi) is 18.4. The minimum absolute atomic E-state index is 0.0612. The maximum atomic E-state index is 12.6. The third-order valence-corrected chi connectivity index (χ3v) is 10.8. The molecule has 2 aromatic carbocycles. The number of aromatic carboxylic acids is 1. The molecule has 0 spiro atoms. The topological polar surface area (TPSA) is 363 Å². The number of carbonyl (C=O) groups is 3. The van der Waals surface area contributed by atoms with Crippen LogP contribution in [-0.2, 0) is 35.4 Å². The number of rotatable bonds is 15. The average molecular weight is 962 g/mol. The molecule has 4 rings (SSSR count). The summed E-state index contributed by atoms with van der Waals surface area (Å²) < 4.78 is 114. The first-order valence-electron chi connectivity index (χ1n) is 16.2. The molecule has 2 aromatic heterocycles. The van der Waals surface area contributed by atoms with Crippen LogP contribution in [0.1, 0.15) is 22.8 Å². The largest absolute Gasteiger partial charge is 0.481 e. The lowest BCUT2D eigenvalue weighted by atomic mass is 10.1. The molecule has 2 amide bonds. The molecule has 4 aromatic rings. The van der Waals surface area contributed by atoms with E-state index in [1.54, 1.807) is 4.72 Å². The fourth-order valence-electron chi connectivity index (χ4n) is 4.04. The summed E-state index contributed by atoms with van der Waals surface area (Å²) in [5.41, 5.74) is -2.25. The molecule has 0 unspecified atom stereocenters. The summed E-state index contributed by atoms with van der Waals surface area (Å²) in [6.45, 7) is 0.914. The van der Waals surface area contributed by atoms with Crippen LogP contribution in [-0.4, -0.2) is 107 Å². The van der Waals surface area contributed by atoms with Gasteiger partial charge in [-0.05, 0) is 36.4 Å². The summed E-state index contributed by atoms with van der Waals surface area (Å²) in [6, 6.07) is 7.74. The quantitative estimate of drug-likeness (QED) is 0.0506. The normalized spacial score (nSPS) is 11.4. The zero-order valence-electron chi connectivity index (χ0n) is 31.6. The van der Waals surface area contributed by atoms with E-state index in [1.807, 2.05) is 0 Å². The third kappa shape index (κ3) is 16.3. The third-order valence-electron chi connectivity index (χ3n) is 6.73. The number of sulfone groups is 1. The molecule has 338 valence electrons. The number of benzene rings is 2. The number of aromatic nitrogens is 3. The Labute approximate surface area is 352 Å². The van der Waals surface area contributed by atoms with Crippen LogP contribution >= 0.6 is 19.2 Å². The van der Waals surface area contributed by atoms with Crippen molar-refractivity contribution in [3.05, 3.63) is 87.1 Å². The Hall–Kier alpha value is -6.23. The van der Waals surface area contributed by atoms with Crippen molar-refractivity contribution in [2.75, 3.05) is 38.1 Å². The number of nitrogens with zero attached hydrogens (tertiary/aromatic N) is 4. The van der Waals surface area contributed by atoms with Gasteiger partial charge in [0.15, 0.2) is 14.9 Å². The van der Waals surface area contributed by atoms with Crippen molar-refractivity contribution < 1.29 is 88.1 Å². The molecule has 0 saturated carbocycles. The van der Waals surface area contributed by atoms with E-state index < -0.39 is 96.1 Å². The number of hydrogen-bond acceptors (Lipinski definition) is 17. The number of amides is 2. The number of anilines is 1. The van der Waals surface area contributed by atoms with Crippen molar-refractivity contribution >= 4 is 68.7 Å². The summed E-state index contributed by atoms with van der Waals surface area (Å²) in [5.74, 6) is -3.50. The van der Waals surface area contributed by atoms with Gasteiger partial charge in [-0.3, -0.25) is 30.1 Å². The van der Waals surface area contributed by atoms with Crippen LogP contribution in [0.5, 0.6) is 23.3 Å². The molecule has 31 heteroatoms. The SMILES string of the molecule is CCS(=O)(=O)c1cccnc1S(=O)(=O)NC(=O)Nc1nc(OC)cc(OC)n1.O=C(O)CNCP(=O)(O)O.O=C(O)c1cc(Oc2ccc(C(F)(F)F)cc2Cl)ccc1[N+](=O)[O-]. The Bertz CT molecular complexity index is 2550. The number of nitrogens with one attached hydrogen (secondary N) is 3. The van der Waals surface area contributed by atoms with Gasteiger partial charge in [0.1, 0.15) is 22.0 Å². The lowest BCUT2D eigenvalue weighted by molar-refractivity contribution is -0.385. The zero-order chi connectivity index (χ0) is 47.2. The van der Waals surface area contributed by atoms with Gasteiger partial charge < -0.3 is 34.2 Å². The van der Waals surface area contributed by atoms with E-state index in [0.29, 0.717) is 6.07 Å². The number of carboxylic acid groups (broad SMARTS) is 2. The van der Waals surface area contributed by atoms with Gasteiger partial charge in [0.25, 0.3) is 15.7 Å². The second kappa shape index (κ2) is 22.0. The molecular weight excluding hydrogens is 930 g/mol. The van der Waals surface area contributed by atoms with Gasteiger partial charge in [-0.2, -0.15) is 31.6 Å². The van der Waals surface area contributed by atoms with Gasteiger partial charge in [0.2, 0.25) is 17.7 Å². The van der Waals surface area contributed by atoms with Crippen LogP contribution in [0.4, 0.5) is 29.6 Å². The second-order valence-electron chi connectivity index (χ2n) is 11.2. The molecule has 0 fully saturated rings. The van der Waals surface area contributed by atoms with Crippen molar-refractivity contribution in [3.8, 4) is 23.3 Å². The van der Waals surface area contributed by atoms with Crippen molar-refractivity contribution in [1.29, 1.82) is 0 Å². The highest BCUT2D eigenvalue weighted by Gasteiger charge is 2.32. The molecule has 24 nitrogen and oxygen atoms in total. The smallest absolute Gasteiger partial charge is 0.416 e. The number of nitro groups is 1. The summed E-state index contributed by atoms with van der Waals surface area (Å²) in [7, 11) is -9.94. The highest BCUT2D eigenvalue weighted by molar-refractivity contribution is 7.93. The molecule has 0 aliphatic heterocycles. The van der Waals surface area contributed by atoms with Crippen molar-refractivity contribution in [1.82, 2.24) is 25.0 Å². The van der Waals surface area contributed by atoms with Gasteiger partial charge in [0, 0.05) is 18.3 Å². The number of carboxylic acids is 2. The molecule has 62 heavy (non-hydrogen) atoms. The van der Waals surface area contributed by atoms with Crippen LogP contribution < -0.4 is 29.6 Å². The number of nitro benzene ring substituents is 1. The standard InChI is InChI=1S/C14H7ClF3NO5.C14H17N5O7S2.C3H8NO5P/c15-10-5-7(14(16,17)18)1-4-12(10)24-8-2-3-11(19(22)23)9(6-8)13(20)21;1-4-27(21,22)9-6-5-7-15-12(9)28(23,24)19-14(20)18-13-16-10(25-2)8-11(17-13)26-3;5-3(6)1-4-2-10(7,8)9/h1-6H,(H,20,21);5-8H,4H2,1-3H3,(H2,16,17,18,19,20);4H,1-2H2,(H,5,6)(H2,7,8,9). The Balaban J connectivity index is 0.000000354. The van der Waals surface area contributed by atoms with Gasteiger partial charge in [-0.1, -0.05) is 18.5 Å². The number of sulfonamides is 1. The van der Waals surface area contributed by atoms with Gasteiger partial charge >= 0.3 is 31.7 Å². The first-order valence-corrected chi connectivity index (χ1v) is 21.5. The van der Waals surface area contributed by atoms with E-state index >= 15 is 0 Å². The summed E-state index contributed by atoms with van der Waals surface area (Å²) >= 11 is 5.72. The van der Waals surface area contributed by atoms with Crippen LogP contribution in [0.15, 0.2) is 70.7 Å². The number of ether oxygens (including phenoxy) is 3. The van der Waals surface area contributed by atoms with E-state index in [2.05, 4.69) is 25.6 Å². The highest BCUT2D eigenvalue weighted by Crippen LogP contribution is 2.37. The molecule has 7 N–H and O–H groups in total. The molecular formula is C31H32ClF3N7O17PS2. The number of methoxy groups -OCH3 is 2. The van der Waals surface area contributed by atoms with Crippen LogP contribution in [0, 0.1) is 10.1 Å². The van der Waals surface area contributed by atoms with Gasteiger partial charge in [-0.25, -0.2) is 27.7 Å². The lowest BCUT2D eigenvalue weighted by Crippen LogP contribution is -2.36. The molecule has 0 radical (unpaired) electrons. The van der Waals surface area contributed by atoms with E-state index in [1.165, 1.54) is 33.3 Å². The van der Waals surface area contributed by atoms with Crippen molar-refractivity contribution in [2.45, 2.75) is 23.0 Å². The molecule has 2 heterocycles. The fourth-order valence-corrected chi connectivity index (χ4v) is 7.21. The first-order chi connectivity index (χ1) is 28.6. The summed E-state index contributed by atoms with van der Waals surface area (Å²) in [4.78, 5) is 69.9. The number of carbonyl (C=O) groups excluding carboxylic acids is 1. The molecule has 0 atom stereocenters. The lowest BCUT2D eigenvalue weighted by Gasteiger charge is -2.11. The Morgan fingerprint density at radius 3 is 2.06 bits per heavy atom. The van der Waals surface area contributed by atoms with Gasteiger partial charge in [-0.15, -0.1) is 0 Å². The van der Waals surface area contributed by atoms with E-state index in [0.717, 1.165) is 42.6 Å². The van der Waals surface area contributed by atoms with Crippen molar-refractivity contribution in [3.63, 3.8) is 0 Å². The highest BCUT2D eigenvalue weighted by atomic mass is 35.5. The second-order valence-corrected chi connectivity index (χ2v) is 17.1. The Morgan fingerprint density at radius 1 is 0.968 bits per heavy atom.